The highest BCUT2D eigenvalue weighted by molar-refractivity contribution is 5.97. The monoisotopic (exact) mass is 386 g/mol. The molecule has 0 bridgehead atoms. The van der Waals surface area contributed by atoms with Gasteiger partial charge in [0.05, 0.1) is 5.56 Å². The van der Waals surface area contributed by atoms with Crippen LogP contribution in [0.5, 0.6) is 5.75 Å². The van der Waals surface area contributed by atoms with Gasteiger partial charge >= 0.3 is 5.97 Å². The molecule has 1 unspecified atom stereocenters. The van der Waals surface area contributed by atoms with Crippen molar-refractivity contribution in [3.8, 4) is 5.75 Å². The molecule has 1 spiro atoms. The van der Waals surface area contributed by atoms with Crippen LogP contribution >= 0.6 is 0 Å². The molecule has 28 heavy (non-hydrogen) atoms. The van der Waals surface area contributed by atoms with Gasteiger partial charge in [-0.1, -0.05) is 11.6 Å². The van der Waals surface area contributed by atoms with Crippen molar-refractivity contribution < 1.29 is 24.6 Å². The molecule has 2 aliphatic heterocycles. The molecule has 1 aromatic rings. The molecule has 2 saturated heterocycles. The first-order chi connectivity index (χ1) is 13.3. The van der Waals surface area contributed by atoms with Crippen LogP contribution in [0.25, 0.3) is 0 Å². The summed E-state index contributed by atoms with van der Waals surface area (Å²) in [6, 6.07) is 4.22. The van der Waals surface area contributed by atoms with Crippen LogP contribution in [0.1, 0.15) is 48.0 Å². The fourth-order valence-electron chi connectivity index (χ4n) is 4.61. The Morgan fingerprint density at radius 2 is 1.82 bits per heavy atom. The number of likely N-dealkylation sites (tertiary alicyclic amines) is 2. The lowest BCUT2D eigenvalue weighted by atomic mass is 9.76. The normalized spacial score (nSPS) is 23.8. The van der Waals surface area contributed by atoms with Crippen LogP contribution in [0.15, 0.2) is 18.2 Å². The lowest BCUT2D eigenvalue weighted by molar-refractivity contribution is -0.148. The number of nitrogens with zero attached hydrogens (tertiary/aromatic N) is 2. The Balaban J connectivity index is 1.45. The van der Waals surface area contributed by atoms with E-state index < -0.39 is 12.0 Å². The van der Waals surface area contributed by atoms with Crippen molar-refractivity contribution in [1.82, 2.24) is 9.80 Å². The summed E-state index contributed by atoms with van der Waals surface area (Å²) < 4.78 is 0. The number of carboxylic acid groups (broad SMARTS) is 1. The number of phenolic OH excluding ortho intramolecular Hbond substituents is 1. The number of carboxylic acids is 1. The summed E-state index contributed by atoms with van der Waals surface area (Å²) in [5, 5.41) is 19.6. The minimum absolute atomic E-state index is 0.00274. The molecule has 1 atom stereocenters. The maximum atomic E-state index is 12.8. The third-order valence-corrected chi connectivity index (χ3v) is 6.50. The lowest BCUT2D eigenvalue weighted by Gasteiger charge is -2.39. The summed E-state index contributed by atoms with van der Waals surface area (Å²) in [7, 11) is 0. The Hall–Kier alpha value is -2.57. The summed E-state index contributed by atoms with van der Waals surface area (Å²) in [6.45, 7) is 3.35. The van der Waals surface area contributed by atoms with Crippen molar-refractivity contribution >= 4 is 17.8 Å². The highest BCUT2D eigenvalue weighted by Gasteiger charge is 2.52. The third kappa shape index (κ3) is 3.34. The Bertz CT molecular complexity index is 824. The van der Waals surface area contributed by atoms with Crippen LogP contribution in [0.4, 0.5) is 0 Å². The molecule has 2 amide bonds. The molecule has 1 aliphatic carbocycles. The van der Waals surface area contributed by atoms with Crippen molar-refractivity contribution in [2.24, 2.45) is 11.3 Å². The summed E-state index contributed by atoms with van der Waals surface area (Å²) >= 11 is 0. The van der Waals surface area contributed by atoms with Crippen LogP contribution in [0.3, 0.4) is 0 Å². The van der Waals surface area contributed by atoms with Gasteiger partial charge in [-0.15, -0.1) is 0 Å². The maximum absolute atomic E-state index is 12.8. The molecule has 0 aromatic heterocycles. The van der Waals surface area contributed by atoms with E-state index in [2.05, 4.69) is 0 Å². The van der Waals surface area contributed by atoms with Crippen molar-refractivity contribution in [2.75, 3.05) is 19.6 Å². The number of amides is 2. The van der Waals surface area contributed by atoms with E-state index in [-0.39, 0.29) is 28.9 Å². The fourth-order valence-corrected chi connectivity index (χ4v) is 4.61. The molecule has 7 nitrogen and oxygen atoms in total. The van der Waals surface area contributed by atoms with Crippen molar-refractivity contribution in [2.45, 2.75) is 45.1 Å². The summed E-state index contributed by atoms with van der Waals surface area (Å²) in [6.07, 6.45) is 3.51. The lowest BCUT2D eigenvalue weighted by Crippen LogP contribution is -2.45. The number of carbonyl (C=O) groups is 3. The number of aliphatic carboxylic acids is 1. The van der Waals surface area contributed by atoms with Gasteiger partial charge in [-0.3, -0.25) is 9.59 Å². The van der Waals surface area contributed by atoms with E-state index in [1.54, 1.807) is 21.9 Å². The standard InChI is InChI=1S/C21H26N2O5/c1-13-2-5-17(24)15(10-13)19(26)22-8-6-21(7-9-22)11-16(20(27)28)23(12-21)18(25)14-3-4-14/h2,5,10,14,16,24H,3-4,6-9,11-12H2,1H3,(H,27,28). The van der Waals surface area contributed by atoms with E-state index in [1.807, 2.05) is 6.92 Å². The van der Waals surface area contributed by atoms with Gasteiger partial charge in [0.25, 0.3) is 5.91 Å². The Kier molecular flexibility index (Phi) is 4.56. The van der Waals surface area contributed by atoms with Crippen molar-refractivity contribution in [3.63, 3.8) is 0 Å². The first kappa shape index (κ1) is 18.8. The average Bonchev–Trinajstić information content (AvgIpc) is 3.45. The molecule has 1 aromatic carbocycles. The second-order valence-electron chi connectivity index (χ2n) is 8.61. The van der Waals surface area contributed by atoms with Gasteiger partial charge in [-0.2, -0.15) is 0 Å². The summed E-state index contributed by atoms with van der Waals surface area (Å²) in [4.78, 5) is 40.4. The third-order valence-electron chi connectivity index (χ3n) is 6.50. The molecule has 150 valence electrons. The number of hydrogen-bond donors (Lipinski definition) is 2. The smallest absolute Gasteiger partial charge is 0.326 e. The van der Waals surface area contributed by atoms with Crippen LogP contribution in [-0.2, 0) is 9.59 Å². The summed E-state index contributed by atoms with van der Waals surface area (Å²) in [5.74, 6) is -1.18. The number of rotatable bonds is 3. The SMILES string of the molecule is Cc1ccc(O)c(C(=O)N2CCC3(CC2)CC(C(=O)O)N(C(=O)C2CC2)C3)c1. The maximum Gasteiger partial charge on any atom is 0.326 e. The van der Waals surface area contributed by atoms with Crippen molar-refractivity contribution in [1.29, 1.82) is 0 Å². The number of benzene rings is 1. The number of hydrogen-bond acceptors (Lipinski definition) is 4. The molecule has 7 heteroatoms. The van der Waals surface area contributed by atoms with Gasteiger partial charge in [-0.25, -0.2) is 4.79 Å². The quantitative estimate of drug-likeness (QED) is 0.828. The Morgan fingerprint density at radius 1 is 1.14 bits per heavy atom. The van der Waals surface area contributed by atoms with Gasteiger partial charge in [-0.05, 0) is 56.6 Å². The second kappa shape index (κ2) is 6.79. The van der Waals surface area contributed by atoms with Gasteiger partial charge in [0.15, 0.2) is 0 Å². The van der Waals surface area contributed by atoms with Crippen LogP contribution in [0.2, 0.25) is 0 Å². The van der Waals surface area contributed by atoms with Gasteiger partial charge in [0, 0.05) is 25.6 Å². The molecule has 1 saturated carbocycles. The van der Waals surface area contributed by atoms with E-state index in [4.69, 9.17) is 0 Å². The molecule has 3 aliphatic rings. The zero-order valence-electron chi connectivity index (χ0n) is 16.1. The zero-order valence-corrected chi connectivity index (χ0v) is 16.1. The number of phenols is 1. The molecular weight excluding hydrogens is 360 g/mol. The Morgan fingerprint density at radius 3 is 2.43 bits per heavy atom. The Labute approximate surface area is 163 Å². The van der Waals surface area contributed by atoms with E-state index in [9.17, 15) is 24.6 Å². The van der Waals surface area contributed by atoms with E-state index in [0.29, 0.717) is 44.5 Å². The number of aryl methyl sites for hydroxylation is 1. The molecule has 3 fully saturated rings. The highest BCUT2D eigenvalue weighted by atomic mass is 16.4. The first-order valence-electron chi connectivity index (χ1n) is 9.92. The first-order valence-corrected chi connectivity index (χ1v) is 9.92. The number of piperidine rings is 1. The highest BCUT2D eigenvalue weighted by Crippen LogP contribution is 2.45. The van der Waals surface area contributed by atoms with E-state index in [1.165, 1.54) is 6.07 Å². The largest absolute Gasteiger partial charge is 0.507 e. The summed E-state index contributed by atoms with van der Waals surface area (Å²) in [5.41, 5.74) is 0.972. The van der Waals surface area contributed by atoms with Gasteiger partial charge in [0.2, 0.25) is 5.91 Å². The fraction of sp³-hybridized carbons (Fsp3) is 0.571. The molecule has 2 heterocycles. The van der Waals surface area contributed by atoms with Gasteiger partial charge in [0.1, 0.15) is 11.8 Å². The molecule has 4 rings (SSSR count). The predicted octanol–water partition coefficient (Wildman–Crippen LogP) is 2.02. The van der Waals surface area contributed by atoms with E-state index in [0.717, 1.165) is 18.4 Å². The molecular formula is C21H26N2O5. The molecule has 2 N–H and O–H groups in total. The number of carbonyl (C=O) groups excluding carboxylic acids is 2. The van der Waals surface area contributed by atoms with E-state index >= 15 is 0 Å². The van der Waals surface area contributed by atoms with Crippen LogP contribution in [-0.4, -0.2) is 63.5 Å². The minimum Gasteiger partial charge on any atom is -0.507 e. The number of aromatic hydroxyl groups is 1. The van der Waals surface area contributed by atoms with Gasteiger partial charge < -0.3 is 20.0 Å². The van der Waals surface area contributed by atoms with Crippen LogP contribution in [0, 0.1) is 18.3 Å². The predicted molar refractivity (Wildman–Crippen MR) is 101 cm³/mol. The average molecular weight is 386 g/mol. The second-order valence-corrected chi connectivity index (χ2v) is 8.61. The van der Waals surface area contributed by atoms with Crippen molar-refractivity contribution in [3.05, 3.63) is 29.3 Å². The zero-order chi connectivity index (χ0) is 20.1. The molecule has 0 radical (unpaired) electrons. The topological polar surface area (TPSA) is 98.2 Å². The minimum atomic E-state index is -0.936. The van der Waals surface area contributed by atoms with Crippen LogP contribution < -0.4 is 0 Å².